The number of anilines is 2. The normalized spacial score (nSPS) is 17.0. The van der Waals surface area contributed by atoms with Gasteiger partial charge in [-0.05, 0) is 36.1 Å². The fourth-order valence-corrected chi connectivity index (χ4v) is 3.27. The Morgan fingerprint density at radius 3 is 2.52 bits per heavy atom. The fraction of sp³-hybridized carbons (Fsp3) is 0.350. The first-order valence-electron chi connectivity index (χ1n) is 8.76. The summed E-state index contributed by atoms with van der Waals surface area (Å²) in [5.41, 5.74) is 3.90. The first-order chi connectivity index (χ1) is 12.1. The quantitative estimate of drug-likeness (QED) is 0.911. The van der Waals surface area contributed by atoms with E-state index in [0.717, 1.165) is 35.3 Å². The van der Waals surface area contributed by atoms with Gasteiger partial charge in [0.1, 0.15) is 0 Å². The molecule has 25 heavy (non-hydrogen) atoms. The van der Waals surface area contributed by atoms with Crippen LogP contribution in [0.3, 0.4) is 0 Å². The van der Waals surface area contributed by atoms with Gasteiger partial charge < -0.3 is 10.2 Å². The lowest BCUT2D eigenvalue weighted by Crippen LogP contribution is -2.28. The van der Waals surface area contributed by atoms with Crippen LogP contribution in [0.15, 0.2) is 42.7 Å². The molecule has 1 aliphatic rings. The predicted molar refractivity (Wildman–Crippen MR) is 98.5 cm³/mol. The molecule has 1 aromatic carbocycles. The van der Waals surface area contributed by atoms with Crippen molar-refractivity contribution in [2.45, 2.75) is 33.1 Å². The monoisotopic (exact) mass is 337 g/mol. The average Bonchev–Trinajstić information content (AvgIpc) is 3.04. The molecule has 2 heterocycles. The van der Waals surface area contributed by atoms with E-state index in [2.05, 4.69) is 24.1 Å². The molecular weight excluding hydrogens is 314 g/mol. The van der Waals surface area contributed by atoms with Crippen LogP contribution in [0.2, 0.25) is 0 Å². The molecule has 5 heteroatoms. The van der Waals surface area contributed by atoms with E-state index in [1.165, 1.54) is 0 Å². The lowest BCUT2D eigenvalue weighted by molar-refractivity contribution is -0.122. The highest BCUT2D eigenvalue weighted by Gasteiger charge is 2.35. The minimum atomic E-state index is -0.345. The summed E-state index contributed by atoms with van der Waals surface area (Å²) in [6.07, 6.45) is 5.27. The standard InChI is InChI=1S/C20H23N3O2/c1-3-14-7-5-8-15(4-2)19(14)22-20(25)16-11-18(24)23(13-16)17-9-6-10-21-12-17/h5-10,12,16H,3-4,11,13H2,1-2H3,(H,22,25). The van der Waals surface area contributed by atoms with E-state index in [1.807, 2.05) is 24.3 Å². The van der Waals surface area contributed by atoms with E-state index in [4.69, 9.17) is 0 Å². The third-order valence-corrected chi connectivity index (χ3v) is 4.70. The largest absolute Gasteiger partial charge is 0.325 e. The zero-order chi connectivity index (χ0) is 17.8. The summed E-state index contributed by atoms with van der Waals surface area (Å²) >= 11 is 0. The Hall–Kier alpha value is -2.69. The second-order valence-corrected chi connectivity index (χ2v) is 6.26. The van der Waals surface area contributed by atoms with Crippen molar-refractivity contribution in [3.05, 3.63) is 53.9 Å². The van der Waals surface area contributed by atoms with Crippen LogP contribution < -0.4 is 10.2 Å². The van der Waals surface area contributed by atoms with E-state index in [9.17, 15) is 9.59 Å². The number of nitrogens with one attached hydrogen (secondary N) is 1. The van der Waals surface area contributed by atoms with Crippen LogP contribution in [0.5, 0.6) is 0 Å². The van der Waals surface area contributed by atoms with E-state index < -0.39 is 0 Å². The summed E-state index contributed by atoms with van der Waals surface area (Å²) < 4.78 is 0. The molecule has 1 saturated heterocycles. The third-order valence-electron chi connectivity index (χ3n) is 4.70. The van der Waals surface area contributed by atoms with Gasteiger partial charge in [-0.2, -0.15) is 0 Å². The highest BCUT2D eigenvalue weighted by atomic mass is 16.2. The molecule has 1 atom stereocenters. The van der Waals surface area contributed by atoms with Crippen molar-refractivity contribution >= 4 is 23.2 Å². The molecule has 1 unspecified atom stereocenters. The smallest absolute Gasteiger partial charge is 0.229 e. The number of hydrogen-bond acceptors (Lipinski definition) is 3. The number of hydrogen-bond donors (Lipinski definition) is 1. The Balaban J connectivity index is 1.76. The Morgan fingerprint density at radius 2 is 1.92 bits per heavy atom. The maximum absolute atomic E-state index is 12.8. The van der Waals surface area contributed by atoms with Crippen molar-refractivity contribution in [2.24, 2.45) is 5.92 Å². The maximum Gasteiger partial charge on any atom is 0.229 e. The molecule has 130 valence electrons. The summed E-state index contributed by atoms with van der Waals surface area (Å²) in [7, 11) is 0. The number of carbonyl (C=O) groups is 2. The number of pyridine rings is 1. The van der Waals surface area contributed by atoms with Crippen LogP contribution in [0.25, 0.3) is 0 Å². The molecule has 1 fully saturated rings. The van der Waals surface area contributed by atoms with Gasteiger partial charge in [-0.1, -0.05) is 32.0 Å². The number of nitrogens with zero attached hydrogens (tertiary/aromatic N) is 2. The Bertz CT molecular complexity index is 752. The van der Waals surface area contributed by atoms with E-state index in [0.29, 0.717) is 6.54 Å². The van der Waals surface area contributed by atoms with Crippen molar-refractivity contribution in [3.63, 3.8) is 0 Å². The molecule has 0 aliphatic carbocycles. The number of carbonyl (C=O) groups excluding carboxylic acids is 2. The highest BCUT2D eigenvalue weighted by molar-refractivity contribution is 6.03. The number of aryl methyl sites for hydroxylation is 2. The van der Waals surface area contributed by atoms with Crippen molar-refractivity contribution in [3.8, 4) is 0 Å². The Labute approximate surface area is 148 Å². The number of aromatic nitrogens is 1. The summed E-state index contributed by atoms with van der Waals surface area (Å²) in [4.78, 5) is 30.8. The Kier molecular flexibility index (Phi) is 5.12. The van der Waals surface area contributed by atoms with Crippen LogP contribution in [0, 0.1) is 5.92 Å². The zero-order valence-electron chi connectivity index (χ0n) is 14.7. The average molecular weight is 337 g/mol. The van der Waals surface area contributed by atoms with E-state index >= 15 is 0 Å². The Morgan fingerprint density at radius 1 is 1.20 bits per heavy atom. The number of para-hydroxylation sites is 1. The van der Waals surface area contributed by atoms with Crippen LogP contribution in [0.4, 0.5) is 11.4 Å². The van der Waals surface area contributed by atoms with Gasteiger partial charge in [0.15, 0.2) is 0 Å². The van der Waals surface area contributed by atoms with Gasteiger partial charge in [0.2, 0.25) is 11.8 Å². The highest BCUT2D eigenvalue weighted by Crippen LogP contribution is 2.27. The van der Waals surface area contributed by atoms with Crippen LogP contribution >= 0.6 is 0 Å². The van der Waals surface area contributed by atoms with Gasteiger partial charge in [0.05, 0.1) is 17.8 Å². The van der Waals surface area contributed by atoms with Gasteiger partial charge >= 0.3 is 0 Å². The van der Waals surface area contributed by atoms with Crippen molar-refractivity contribution in [2.75, 3.05) is 16.8 Å². The summed E-state index contributed by atoms with van der Waals surface area (Å²) in [6, 6.07) is 9.73. The molecule has 2 amide bonds. The predicted octanol–water partition coefficient (Wildman–Crippen LogP) is 3.20. The third kappa shape index (κ3) is 3.55. The second-order valence-electron chi connectivity index (χ2n) is 6.26. The molecule has 3 rings (SSSR count). The first-order valence-corrected chi connectivity index (χ1v) is 8.76. The molecular formula is C20H23N3O2. The van der Waals surface area contributed by atoms with E-state index in [1.54, 1.807) is 23.4 Å². The fourth-order valence-electron chi connectivity index (χ4n) is 3.27. The van der Waals surface area contributed by atoms with Crippen LogP contribution in [-0.4, -0.2) is 23.3 Å². The summed E-state index contributed by atoms with van der Waals surface area (Å²) in [5.74, 6) is -0.467. The minimum Gasteiger partial charge on any atom is -0.325 e. The lowest BCUT2D eigenvalue weighted by atomic mass is 10.0. The second kappa shape index (κ2) is 7.47. The molecule has 1 aromatic heterocycles. The molecule has 0 radical (unpaired) electrons. The van der Waals surface area contributed by atoms with Crippen LogP contribution in [0.1, 0.15) is 31.4 Å². The van der Waals surface area contributed by atoms with E-state index in [-0.39, 0.29) is 24.2 Å². The number of benzene rings is 1. The molecule has 2 aromatic rings. The van der Waals surface area contributed by atoms with Crippen molar-refractivity contribution < 1.29 is 9.59 Å². The topological polar surface area (TPSA) is 62.3 Å². The maximum atomic E-state index is 12.8. The van der Waals surface area contributed by atoms with Gasteiger partial charge in [-0.25, -0.2) is 0 Å². The summed E-state index contributed by atoms with van der Waals surface area (Å²) in [6.45, 7) is 4.55. The minimum absolute atomic E-state index is 0.0346. The van der Waals surface area contributed by atoms with Gasteiger partial charge in [-0.15, -0.1) is 0 Å². The summed E-state index contributed by atoms with van der Waals surface area (Å²) in [5, 5.41) is 3.08. The van der Waals surface area contributed by atoms with Crippen molar-refractivity contribution in [1.29, 1.82) is 0 Å². The molecule has 0 bridgehead atoms. The molecule has 5 nitrogen and oxygen atoms in total. The van der Waals surface area contributed by atoms with Gasteiger partial charge in [0.25, 0.3) is 0 Å². The molecule has 0 spiro atoms. The van der Waals surface area contributed by atoms with Crippen molar-refractivity contribution in [1.82, 2.24) is 4.98 Å². The lowest BCUT2D eigenvalue weighted by Gasteiger charge is -2.18. The number of rotatable bonds is 5. The van der Waals surface area contributed by atoms with Gasteiger partial charge in [0, 0.05) is 24.8 Å². The van der Waals surface area contributed by atoms with Crippen LogP contribution in [-0.2, 0) is 22.4 Å². The molecule has 1 N–H and O–H groups in total. The first kappa shape index (κ1) is 17.1. The molecule has 0 saturated carbocycles. The van der Waals surface area contributed by atoms with Gasteiger partial charge in [-0.3, -0.25) is 14.6 Å². The SMILES string of the molecule is CCc1cccc(CC)c1NC(=O)C1CC(=O)N(c2cccnc2)C1. The molecule has 1 aliphatic heterocycles. The number of amides is 2. The zero-order valence-corrected chi connectivity index (χ0v) is 14.7.